The second-order valence-corrected chi connectivity index (χ2v) is 7.47. The van der Waals surface area contributed by atoms with Crippen LogP contribution in [0.4, 0.5) is 0 Å². The number of nitrogens with two attached hydrogens (primary N) is 5. The molecule has 0 bridgehead atoms. The van der Waals surface area contributed by atoms with Gasteiger partial charge in [-0.1, -0.05) is 0 Å². The average Bonchev–Trinajstić information content (AvgIpc) is 2.71. The van der Waals surface area contributed by atoms with Gasteiger partial charge in [-0.15, -0.1) is 0 Å². The van der Waals surface area contributed by atoms with E-state index in [1.54, 1.807) is 0 Å². The molecule has 17 heteroatoms. The number of amides is 5. The highest BCUT2D eigenvalue weighted by atomic mass is 32.1. The van der Waals surface area contributed by atoms with Crippen molar-refractivity contribution in [1.82, 2.24) is 16.0 Å². The normalized spacial score (nSPS) is 13.9. The number of nitrogens with one attached hydrogen (secondary N) is 3. The molecule has 34 heavy (non-hydrogen) atoms. The van der Waals surface area contributed by atoms with E-state index in [0.717, 1.165) is 0 Å². The van der Waals surface area contributed by atoms with E-state index < -0.39 is 72.5 Å². The monoisotopic (exact) mass is 505 g/mol. The van der Waals surface area contributed by atoms with Crippen molar-refractivity contribution in [2.75, 3.05) is 12.3 Å². The smallest absolute Gasteiger partial charge is 0.327 e. The Hall–Kier alpha value is -3.60. The molecule has 0 fully saturated rings. The van der Waals surface area contributed by atoms with E-state index in [0.29, 0.717) is 0 Å². The minimum absolute atomic E-state index is 0.0360. The summed E-state index contributed by atoms with van der Waals surface area (Å²) in [5.41, 5.74) is 26.1. The number of carboxylic acid groups (broad SMARTS) is 1. The summed E-state index contributed by atoms with van der Waals surface area (Å²) in [4.78, 5) is 74.8. The van der Waals surface area contributed by atoms with Crippen molar-refractivity contribution in [3.63, 3.8) is 0 Å². The number of primary amides is 2. The average molecular weight is 506 g/mol. The lowest BCUT2D eigenvalue weighted by atomic mass is 10.1. The number of aliphatic carboxylic acids is 1. The van der Waals surface area contributed by atoms with E-state index >= 15 is 0 Å². The fraction of sp³-hybridized carbons (Fsp3) is 0.588. The van der Waals surface area contributed by atoms with Gasteiger partial charge in [0.2, 0.25) is 29.5 Å². The summed E-state index contributed by atoms with van der Waals surface area (Å²) in [5.74, 6) is -6.42. The van der Waals surface area contributed by atoms with Crippen LogP contribution in [0.25, 0.3) is 0 Å². The Labute approximate surface area is 200 Å². The van der Waals surface area contributed by atoms with Crippen molar-refractivity contribution in [1.29, 1.82) is 0 Å². The van der Waals surface area contributed by atoms with Crippen LogP contribution in [0.2, 0.25) is 0 Å². The molecule has 0 aromatic heterocycles. The van der Waals surface area contributed by atoms with Crippen LogP contribution in [-0.4, -0.2) is 83.0 Å². The number of hydrogen-bond donors (Lipinski definition) is 10. The summed E-state index contributed by atoms with van der Waals surface area (Å²) in [5, 5.41) is 15.8. The molecule has 0 heterocycles. The predicted octanol–water partition coefficient (Wildman–Crippen LogP) is -5.41. The first kappa shape index (κ1) is 30.4. The second-order valence-electron chi connectivity index (χ2n) is 7.10. The van der Waals surface area contributed by atoms with Crippen LogP contribution in [0, 0.1) is 0 Å². The Morgan fingerprint density at radius 1 is 0.794 bits per heavy atom. The van der Waals surface area contributed by atoms with Gasteiger partial charge in [0.05, 0.1) is 18.9 Å². The summed E-state index contributed by atoms with van der Waals surface area (Å²) < 4.78 is 0. The first-order valence-electron chi connectivity index (χ1n) is 9.90. The zero-order chi connectivity index (χ0) is 26.4. The molecule has 0 spiro atoms. The molecule has 0 aliphatic rings. The summed E-state index contributed by atoms with van der Waals surface area (Å²) in [7, 11) is 0. The van der Waals surface area contributed by atoms with Gasteiger partial charge in [0.1, 0.15) is 18.1 Å². The van der Waals surface area contributed by atoms with E-state index in [1.165, 1.54) is 0 Å². The number of guanidine groups is 1. The van der Waals surface area contributed by atoms with E-state index in [1.807, 2.05) is 0 Å². The maximum absolute atomic E-state index is 12.8. The van der Waals surface area contributed by atoms with Crippen molar-refractivity contribution >= 4 is 54.1 Å². The number of carbonyl (C=O) groups is 6. The standard InChI is InChI=1S/C17H31N9O7S/c18-7(4-11(19)27)13(29)25-9(5-12(20)28)15(31)24-8(2-1-3-23-17(21)22)14(30)26-10(6-34)16(32)33/h7-10,34H,1-6,18H2,(H2,19,27)(H2,20,28)(H,24,31)(H,25,29)(H,26,30)(H,32,33)(H4,21,22,23). The molecule has 192 valence electrons. The van der Waals surface area contributed by atoms with Crippen LogP contribution < -0.4 is 44.6 Å². The third kappa shape index (κ3) is 12.4. The van der Waals surface area contributed by atoms with Crippen molar-refractivity contribution < 1.29 is 33.9 Å². The number of thiol groups is 1. The minimum atomic E-state index is -1.54. The SMILES string of the molecule is NC(=O)CC(N)C(=O)NC(CC(N)=O)C(=O)NC(CCCN=C(N)N)C(=O)NC(CS)C(=O)O. The maximum atomic E-state index is 12.8. The largest absolute Gasteiger partial charge is 0.480 e. The molecule has 4 unspecified atom stereocenters. The number of carboxylic acids is 1. The first-order chi connectivity index (χ1) is 15.8. The molecule has 14 N–H and O–H groups in total. The first-order valence-corrected chi connectivity index (χ1v) is 10.5. The third-order valence-corrected chi connectivity index (χ3v) is 4.54. The predicted molar refractivity (Wildman–Crippen MR) is 123 cm³/mol. The molecule has 0 radical (unpaired) electrons. The lowest BCUT2D eigenvalue weighted by molar-refractivity contribution is -0.141. The van der Waals surface area contributed by atoms with Crippen molar-refractivity contribution in [2.45, 2.75) is 49.9 Å². The molecular formula is C17H31N9O7S. The molecule has 0 rings (SSSR count). The van der Waals surface area contributed by atoms with E-state index in [2.05, 4.69) is 33.6 Å². The van der Waals surface area contributed by atoms with Crippen LogP contribution in [0.1, 0.15) is 25.7 Å². The van der Waals surface area contributed by atoms with Gasteiger partial charge in [-0.25, -0.2) is 4.79 Å². The Bertz CT molecular complexity index is 804. The van der Waals surface area contributed by atoms with E-state index in [4.69, 9.17) is 33.8 Å². The fourth-order valence-corrected chi connectivity index (χ4v) is 2.75. The Morgan fingerprint density at radius 3 is 1.76 bits per heavy atom. The number of aliphatic imine (C=N–C) groups is 1. The van der Waals surface area contributed by atoms with Gasteiger partial charge in [-0.3, -0.25) is 29.0 Å². The topological polar surface area (TPSA) is 301 Å². The molecule has 0 saturated heterocycles. The Kier molecular flexibility index (Phi) is 13.7. The lowest BCUT2D eigenvalue weighted by Gasteiger charge is -2.24. The molecule has 0 saturated carbocycles. The zero-order valence-electron chi connectivity index (χ0n) is 18.2. The summed E-state index contributed by atoms with van der Waals surface area (Å²) in [6.45, 7) is 0.0976. The second kappa shape index (κ2) is 15.3. The van der Waals surface area contributed by atoms with Crippen molar-refractivity contribution in [3.05, 3.63) is 0 Å². The van der Waals surface area contributed by atoms with Gasteiger partial charge >= 0.3 is 5.97 Å². The maximum Gasteiger partial charge on any atom is 0.327 e. The van der Waals surface area contributed by atoms with Crippen LogP contribution in [-0.2, 0) is 28.8 Å². The molecule has 0 aromatic rings. The minimum Gasteiger partial charge on any atom is -0.480 e. The molecule has 0 aliphatic carbocycles. The van der Waals surface area contributed by atoms with Crippen molar-refractivity contribution in [2.24, 2.45) is 33.7 Å². The molecule has 5 amide bonds. The Morgan fingerprint density at radius 2 is 1.29 bits per heavy atom. The summed E-state index contributed by atoms with van der Waals surface area (Å²) in [6.07, 6.45) is -1.01. The molecule has 0 aliphatic heterocycles. The van der Waals surface area contributed by atoms with Gasteiger partial charge in [0.25, 0.3) is 0 Å². The highest BCUT2D eigenvalue weighted by Gasteiger charge is 2.31. The van der Waals surface area contributed by atoms with Crippen LogP contribution in [0.5, 0.6) is 0 Å². The third-order valence-electron chi connectivity index (χ3n) is 4.17. The lowest BCUT2D eigenvalue weighted by Crippen LogP contribution is -2.58. The fourth-order valence-electron chi connectivity index (χ4n) is 2.50. The van der Waals surface area contributed by atoms with Crippen LogP contribution in [0.15, 0.2) is 4.99 Å². The van der Waals surface area contributed by atoms with Crippen molar-refractivity contribution in [3.8, 4) is 0 Å². The number of hydrogen-bond acceptors (Lipinski definition) is 9. The highest BCUT2D eigenvalue weighted by Crippen LogP contribution is 2.03. The van der Waals surface area contributed by atoms with Gasteiger partial charge < -0.3 is 49.7 Å². The zero-order valence-corrected chi connectivity index (χ0v) is 19.1. The summed E-state index contributed by atoms with van der Waals surface area (Å²) >= 11 is 3.85. The van der Waals surface area contributed by atoms with Crippen LogP contribution in [0.3, 0.4) is 0 Å². The number of nitrogens with zero attached hydrogens (tertiary/aromatic N) is 1. The van der Waals surface area contributed by atoms with Gasteiger partial charge in [0.15, 0.2) is 5.96 Å². The molecule has 0 aromatic carbocycles. The van der Waals surface area contributed by atoms with Gasteiger partial charge in [0, 0.05) is 12.3 Å². The summed E-state index contributed by atoms with van der Waals surface area (Å²) in [6, 6.07) is -5.58. The molecule has 16 nitrogen and oxygen atoms in total. The van der Waals surface area contributed by atoms with Crippen LogP contribution >= 0.6 is 12.6 Å². The van der Waals surface area contributed by atoms with Gasteiger partial charge in [-0.05, 0) is 12.8 Å². The number of carbonyl (C=O) groups excluding carboxylic acids is 5. The number of rotatable bonds is 16. The highest BCUT2D eigenvalue weighted by molar-refractivity contribution is 7.80. The Balaban J connectivity index is 5.55. The van der Waals surface area contributed by atoms with E-state index in [9.17, 15) is 28.8 Å². The van der Waals surface area contributed by atoms with E-state index in [-0.39, 0.29) is 31.1 Å². The quantitative estimate of drug-likeness (QED) is 0.0410. The molecular weight excluding hydrogens is 474 g/mol. The molecule has 4 atom stereocenters. The van der Waals surface area contributed by atoms with Gasteiger partial charge in [-0.2, -0.15) is 12.6 Å².